The van der Waals surface area contributed by atoms with E-state index in [1.165, 1.54) is 19.2 Å². The van der Waals surface area contributed by atoms with Crippen LogP contribution in [0, 0.1) is 17.6 Å². The van der Waals surface area contributed by atoms with Crippen LogP contribution in [0.5, 0.6) is 0 Å². The quantitative estimate of drug-likeness (QED) is 0.910. The number of hydrogen-bond donors (Lipinski definition) is 1. The molecule has 0 radical (unpaired) electrons. The van der Waals surface area contributed by atoms with Crippen LogP contribution < -0.4 is 5.73 Å². The van der Waals surface area contributed by atoms with Gasteiger partial charge in [-0.2, -0.15) is 0 Å². The van der Waals surface area contributed by atoms with Gasteiger partial charge in [0.1, 0.15) is 11.6 Å². The number of nitrogens with two attached hydrogens (primary N) is 1. The van der Waals surface area contributed by atoms with Gasteiger partial charge in [0.2, 0.25) is 0 Å². The minimum Gasteiger partial charge on any atom is -0.380 e. The van der Waals surface area contributed by atoms with Gasteiger partial charge in [-0.1, -0.05) is 0 Å². The Labute approximate surface area is 112 Å². The van der Waals surface area contributed by atoms with Gasteiger partial charge in [-0.3, -0.25) is 4.90 Å². The third kappa shape index (κ3) is 2.94. The van der Waals surface area contributed by atoms with Crippen LogP contribution in [0.2, 0.25) is 0 Å². The molecule has 0 aliphatic carbocycles. The SMILES string of the molecule is COCc1c(F)cc(C2CC(CN)CN2C)cc1F. The van der Waals surface area contributed by atoms with Crippen molar-refractivity contribution in [2.75, 3.05) is 27.2 Å². The Hall–Kier alpha value is -1.04. The highest BCUT2D eigenvalue weighted by molar-refractivity contribution is 5.29. The summed E-state index contributed by atoms with van der Waals surface area (Å²) in [5.74, 6) is -0.692. The van der Waals surface area contributed by atoms with E-state index in [4.69, 9.17) is 10.5 Å². The van der Waals surface area contributed by atoms with Gasteiger partial charge in [0.15, 0.2) is 0 Å². The molecule has 1 aliphatic heterocycles. The fourth-order valence-electron chi connectivity index (χ4n) is 2.76. The summed E-state index contributed by atoms with van der Waals surface area (Å²) < 4.78 is 32.6. The second-order valence-electron chi connectivity index (χ2n) is 5.19. The van der Waals surface area contributed by atoms with Crippen LogP contribution in [0.3, 0.4) is 0 Å². The molecule has 1 saturated heterocycles. The van der Waals surface area contributed by atoms with Crippen LogP contribution in [-0.4, -0.2) is 32.1 Å². The first-order valence-electron chi connectivity index (χ1n) is 6.43. The Morgan fingerprint density at radius 1 is 1.37 bits per heavy atom. The first-order chi connectivity index (χ1) is 9.06. The summed E-state index contributed by atoms with van der Waals surface area (Å²) >= 11 is 0. The predicted molar refractivity (Wildman–Crippen MR) is 69.6 cm³/mol. The van der Waals surface area contributed by atoms with Gasteiger partial charge >= 0.3 is 0 Å². The van der Waals surface area contributed by atoms with E-state index < -0.39 is 11.6 Å². The lowest BCUT2D eigenvalue weighted by molar-refractivity contribution is 0.177. The maximum absolute atomic E-state index is 13.9. The van der Waals surface area contributed by atoms with Gasteiger partial charge in [0.25, 0.3) is 0 Å². The molecule has 3 nitrogen and oxygen atoms in total. The Kier molecular flexibility index (Phi) is 4.50. The van der Waals surface area contributed by atoms with Crippen molar-refractivity contribution in [3.05, 3.63) is 34.9 Å². The van der Waals surface area contributed by atoms with Crippen molar-refractivity contribution in [2.24, 2.45) is 11.7 Å². The fraction of sp³-hybridized carbons (Fsp3) is 0.571. The van der Waals surface area contributed by atoms with Crippen LogP contribution in [0.4, 0.5) is 8.78 Å². The molecule has 0 amide bonds. The average molecular weight is 270 g/mol. The van der Waals surface area contributed by atoms with Gasteiger partial charge in [0, 0.05) is 25.3 Å². The Bertz CT molecular complexity index is 430. The van der Waals surface area contributed by atoms with Gasteiger partial charge < -0.3 is 10.5 Å². The molecule has 1 fully saturated rings. The van der Waals surface area contributed by atoms with Gasteiger partial charge in [-0.05, 0) is 43.6 Å². The molecule has 2 atom stereocenters. The Morgan fingerprint density at radius 2 is 2.00 bits per heavy atom. The molecule has 1 heterocycles. The molecule has 0 bridgehead atoms. The zero-order valence-electron chi connectivity index (χ0n) is 11.3. The van der Waals surface area contributed by atoms with Crippen molar-refractivity contribution >= 4 is 0 Å². The Morgan fingerprint density at radius 3 is 2.47 bits per heavy atom. The lowest BCUT2D eigenvalue weighted by Gasteiger charge is -2.20. The molecule has 0 saturated carbocycles. The average Bonchev–Trinajstić information content (AvgIpc) is 2.75. The maximum atomic E-state index is 13.9. The van der Waals surface area contributed by atoms with Crippen molar-refractivity contribution in [1.82, 2.24) is 4.90 Å². The van der Waals surface area contributed by atoms with E-state index in [-0.39, 0.29) is 18.2 Å². The van der Waals surface area contributed by atoms with Crippen molar-refractivity contribution in [3.8, 4) is 0 Å². The zero-order valence-corrected chi connectivity index (χ0v) is 11.3. The molecule has 19 heavy (non-hydrogen) atoms. The van der Waals surface area contributed by atoms with Crippen LogP contribution in [0.25, 0.3) is 0 Å². The van der Waals surface area contributed by atoms with Gasteiger partial charge in [0.05, 0.1) is 6.61 Å². The second-order valence-corrected chi connectivity index (χ2v) is 5.19. The molecular formula is C14H20F2N2O. The van der Waals surface area contributed by atoms with E-state index >= 15 is 0 Å². The highest BCUT2D eigenvalue weighted by Crippen LogP contribution is 2.34. The van der Waals surface area contributed by atoms with Crippen LogP contribution in [0.1, 0.15) is 23.6 Å². The third-order valence-electron chi connectivity index (χ3n) is 3.80. The summed E-state index contributed by atoms with van der Waals surface area (Å²) in [4.78, 5) is 2.10. The summed E-state index contributed by atoms with van der Waals surface area (Å²) in [5.41, 5.74) is 6.33. The minimum atomic E-state index is -0.540. The smallest absolute Gasteiger partial charge is 0.131 e. The first kappa shape index (κ1) is 14.4. The number of methoxy groups -OCH3 is 1. The molecule has 0 aromatic heterocycles. The molecule has 2 unspecified atom stereocenters. The minimum absolute atomic E-state index is 0.0118. The number of hydrogen-bond acceptors (Lipinski definition) is 3. The van der Waals surface area contributed by atoms with E-state index in [0.717, 1.165) is 13.0 Å². The topological polar surface area (TPSA) is 38.5 Å². The lowest BCUT2D eigenvalue weighted by Crippen LogP contribution is -2.20. The molecule has 2 rings (SSSR count). The van der Waals surface area contributed by atoms with Crippen molar-refractivity contribution in [1.29, 1.82) is 0 Å². The van der Waals surface area contributed by atoms with Crippen molar-refractivity contribution in [3.63, 3.8) is 0 Å². The molecule has 1 aliphatic rings. The van der Waals surface area contributed by atoms with E-state index in [1.54, 1.807) is 0 Å². The molecule has 106 valence electrons. The standard InChI is InChI=1S/C14H20F2N2O/c1-18-7-9(6-17)3-14(18)10-4-12(15)11(8-19-2)13(16)5-10/h4-5,9,14H,3,6-8,17H2,1-2H3. The molecule has 0 spiro atoms. The van der Waals surface area contributed by atoms with E-state index in [2.05, 4.69) is 4.90 Å². The van der Waals surface area contributed by atoms with Crippen LogP contribution in [0.15, 0.2) is 12.1 Å². The van der Waals surface area contributed by atoms with E-state index in [9.17, 15) is 8.78 Å². The first-order valence-corrected chi connectivity index (χ1v) is 6.43. The molecule has 1 aromatic carbocycles. The largest absolute Gasteiger partial charge is 0.380 e. The number of likely N-dealkylation sites (tertiary alicyclic amines) is 1. The number of rotatable bonds is 4. The van der Waals surface area contributed by atoms with Gasteiger partial charge in [-0.25, -0.2) is 8.78 Å². The molecule has 2 N–H and O–H groups in total. The fourth-order valence-corrected chi connectivity index (χ4v) is 2.76. The number of benzene rings is 1. The maximum Gasteiger partial charge on any atom is 0.131 e. The van der Waals surface area contributed by atoms with Gasteiger partial charge in [-0.15, -0.1) is 0 Å². The van der Waals surface area contributed by atoms with Crippen molar-refractivity contribution < 1.29 is 13.5 Å². The predicted octanol–water partition coefficient (Wildman–Crippen LogP) is 2.06. The molecule has 1 aromatic rings. The highest BCUT2D eigenvalue weighted by atomic mass is 19.1. The van der Waals surface area contributed by atoms with E-state index in [0.29, 0.717) is 18.0 Å². The number of halogens is 2. The lowest BCUT2D eigenvalue weighted by atomic mass is 9.98. The van der Waals surface area contributed by atoms with E-state index in [1.807, 2.05) is 7.05 Å². The summed E-state index contributed by atoms with van der Waals surface area (Å²) in [6.45, 7) is 1.42. The summed E-state index contributed by atoms with van der Waals surface area (Å²) in [6.07, 6.45) is 0.843. The summed E-state index contributed by atoms with van der Waals surface area (Å²) in [7, 11) is 3.38. The third-order valence-corrected chi connectivity index (χ3v) is 3.80. The number of nitrogens with zero attached hydrogens (tertiary/aromatic N) is 1. The second kappa shape index (κ2) is 5.94. The normalized spacial score (nSPS) is 24.1. The summed E-state index contributed by atoms with van der Waals surface area (Å²) in [5, 5.41) is 0. The molecular weight excluding hydrogens is 250 g/mol. The highest BCUT2D eigenvalue weighted by Gasteiger charge is 2.30. The Balaban J connectivity index is 2.26. The zero-order chi connectivity index (χ0) is 14.0. The monoisotopic (exact) mass is 270 g/mol. The van der Waals surface area contributed by atoms with Crippen LogP contribution >= 0.6 is 0 Å². The molecule has 5 heteroatoms. The number of ether oxygens (including phenoxy) is 1. The van der Waals surface area contributed by atoms with Crippen molar-refractivity contribution in [2.45, 2.75) is 19.1 Å². The summed E-state index contributed by atoms with van der Waals surface area (Å²) in [6, 6.07) is 2.86. The van der Waals surface area contributed by atoms with Crippen LogP contribution in [-0.2, 0) is 11.3 Å².